The van der Waals surface area contributed by atoms with Gasteiger partial charge in [0.2, 0.25) is 5.43 Å². The van der Waals surface area contributed by atoms with Crippen LogP contribution < -0.4 is 5.43 Å². The molecule has 0 bridgehead atoms. The standard InChI is InChI=1S/C9H6BrClN2O/c1-4-9(14)5-2-6(10)7(11)3-8(5)13-12-4/h2-3H,1H3,(H,13,14). The molecule has 0 unspecified atom stereocenters. The summed E-state index contributed by atoms with van der Waals surface area (Å²) in [5.41, 5.74) is 1.02. The highest BCUT2D eigenvalue weighted by Crippen LogP contribution is 2.25. The monoisotopic (exact) mass is 272 g/mol. The van der Waals surface area contributed by atoms with E-state index >= 15 is 0 Å². The van der Waals surface area contributed by atoms with Crippen LogP contribution in [-0.2, 0) is 0 Å². The van der Waals surface area contributed by atoms with Crippen molar-refractivity contribution >= 4 is 38.4 Å². The molecule has 0 radical (unpaired) electrons. The summed E-state index contributed by atoms with van der Waals surface area (Å²) in [6.45, 7) is 1.67. The Morgan fingerprint density at radius 1 is 1.50 bits per heavy atom. The van der Waals surface area contributed by atoms with Gasteiger partial charge in [-0.25, -0.2) is 0 Å². The number of halogens is 2. The summed E-state index contributed by atoms with van der Waals surface area (Å²) in [5.74, 6) is 0. The van der Waals surface area contributed by atoms with E-state index in [0.717, 1.165) is 0 Å². The molecule has 0 atom stereocenters. The van der Waals surface area contributed by atoms with Crippen LogP contribution in [0, 0.1) is 6.92 Å². The minimum absolute atomic E-state index is 0.0730. The molecule has 0 saturated heterocycles. The van der Waals surface area contributed by atoms with Crippen molar-refractivity contribution in [2.75, 3.05) is 0 Å². The number of H-pyrrole nitrogens is 1. The minimum Gasteiger partial charge on any atom is -0.287 e. The van der Waals surface area contributed by atoms with Gasteiger partial charge in [0.1, 0.15) is 5.69 Å². The lowest BCUT2D eigenvalue weighted by atomic mass is 10.2. The largest absolute Gasteiger partial charge is 0.287 e. The van der Waals surface area contributed by atoms with Crippen molar-refractivity contribution < 1.29 is 0 Å². The molecular weight excluding hydrogens is 267 g/mol. The zero-order valence-corrected chi connectivity index (χ0v) is 9.61. The first-order valence-electron chi connectivity index (χ1n) is 3.93. The Bertz CT molecular complexity index is 564. The second-order valence-electron chi connectivity index (χ2n) is 2.95. The van der Waals surface area contributed by atoms with Crippen molar-refractivity contribution in [1.29, 1.82) is 0 Å². The van der Waals surface area contributed by atoms with Gasteiger partial charge in [-0.15, -0.1) is 0 Å². The maximum absolute atomic E-state index is 11.6. The van der Waals surface area contributed by atoms with E-state index < -0.39 is 0 Å². The summed E-state index contributed by atoms with van der Waals surface area (Å²) in [5, 5.41) is 7.78. The molecule has 2 aromatic rings. The number of aryl methyl sites for hydroxylation is 1. The third kappa shape index (κ3) is 1.44. The van der Waals surface area contributed by atoms with Crippen LogP contribution in [0.15, 0.2) is 21.4 Å². The lowest BCUT2D eigenvalue weighted by Crippen LogP contribution is -2.09. The molecule has 1 N–H and O–H groups in total. The molecule has 0 spiro atoms. The molecule has 1 aromatic carbocycles. The number of aromatic nitrogens is 2. The fourth-order valence-electron chi connectivity index (χ4n) is 1.22. The van der Waals surface area contributed by atoms with E-state index in [9.17, 15) is 4.79 Å². The maximum Gasteiger partial charge on any atom is 0.210 e. The van der Waals surface area contributed by atoms with Crippen LogP contribution in [0.4, 0.5) is 0 Å². The predicted molar refractivity (Wildman–Crippen MR) is 59.8 cm³/mol. The van der Waals surface area contributed by atoms with Crippen molar-refractivity contribution in [3.05, 3.63) is 37.5 Å². The summed E-state index contributed by atoms with van der Waals surface area (Å²) in [6.07, 6.45) is 0. The molecule has 0 saturated carbocycles. The van der Waals surface area contributed by atoms with Crippen LogP contribution in [0.3, 0.4) is 0 Å². The molecule has 14 heavy (non-hydrogen) atoms. The first-order valence-corrected chi connectivity index (χ1v) is 5.10. The van der Waals surface area contributed by atoms with E-state index in [1.54, 1.807) is 19.1 Å². The number of aromatic amines is 1. The summed E-state index contributed by atoms with van der Waals surface area (Å²) >= 11 is 9.15. The van der Waals surface area contributed by atoms with Gasteiger partial charge in [-0.2, -0.15) is 5.10 Å². The van der Waals surface area contributed by atoms with Gasteiger partial charge in [-0.1, -0.05) is 11.6 Å². The van der Waals surface area contributed by atoms with Crippen molar-refractivity contribution in [2.24, 2.45) is 0 Å². The van der Waals surface area contributed by atoms with Crippen LogP contribution in [0.5, 0.6) is 0 Å². The van der Waals surface area contributed by atoms with E-state index in [1.807, 2.05) is 0 Å². The third-order valence-electron chi connectivity index (χ3n) is 1.98. The molecule has 0 amide bonds. The van der Waals surface area contributed by atoms with Crippen molar-refractivity contribution in [3.63, 3.8) is 0 Å². The Kier molecular flexibility index (Phi) is 2.33. The predicted octanol–water partition coefficient (Wildman–Crippen LogP) is 2.65. The summed E-state index contributed by atoms with van der Waals surface area (Å²) < 4.78 is 0.711. The topological polar surface area (TPSA) is 45.8 Å². The summed E-state index contributed by atoms with van der Waals surface area (Å²) in [7, 11) is 0. The zero-order chi connectivity index (χ0) is 10.3. The average molecular weight is 274 g/mol. The SMILES string of the molecule is Cc1n[nH]c2cc(Cl)c(Br)cc2c1=O. The van der Waals surface area contributed by atoms with E-state index in [2.05, 4.69) is 26.1 Å². The van der Waals surface area contributed by atoms with Crippen molar-refractivity contribution in [1.82, 2.24) is 10.2 Å². The number of rotatable bonds is 0. The quantitative estimate of drug-likeness (QED) is 0.802. The van der Waals surface area contributed by atoms with Crippen LogP contribution in [0.2, 0.25) is 5.02 Å². The number of hydrogen-bond donors (Lipinski definition) is 1. The molecular formula is C9H6BrClN2O. The zero-order valence-electron chi connectivity index (χ0n) is 7.27. The summed E-state index contributed by atoms with van der Waals surface area (Å²) in [6, 6.07) is 3.37. The lowest BCUT2D eigenvalue weighted by molar-refractivity contribution is 1.00. The Morgan fingerprint density at radius 3 is 2.93 bits per heavy atom. The fraction of sp³-hybridized carbons (Fsp3) is 0.111. The van der Waals surface area contributed by atoms with Gasteiger partial charge in [-0.05, 0) is 35.0 Å². The molecule has 1 aromatic heterocycles. The Hall–Kier alpha value is -0.870. The first kappa shape index (κ1) is 9.68. The number of fused-ring (bicyclic) bond motifs is 1. The Balaban J connectivity index is 2.97. The van der Waals surface area contributed by atoms with Crippen LogP contribution in [0.25, 0.3) is 10.9 Å². The number of benzene rings is 1. The summed E-state index contributed by atoms with van der Waals surface area (Å²) in [4.78, 5) is 11.6. The molecule has 2 rings (SSSR count). The highest BCUT2D eigenvalue weighted by atomic mass is 79.9. The van der Waals surface area contributed by atoms with E-state index in [-0.39, 0.29) is 5.43 Å². The Morgan fingerprint density at radius 2 is 2.21 bits per heavy atom. The molecule has 3 nitrogen and oxygen atoms in total. The molecule has 72 valence electrons. The molecule has 0 fully saturated rings. The van der Waals surface area contributed by atoms with Gasteiger partial charge in [0, 0.05) is 4.47 Å². The Labute approximate surface area is 93.2 Å². The molecule has 0 aliphatic rings. The number of nitrogens with zero attached hydrogens (tertiary/aromatic N) is 1. The molecule has 0 aliphatic heterocycles. The maximum atomic E-state index is 11.6. The number of nitrogens with one attached hydrogen (secondary N) is 1. The van der Waals surface area contributed by atoms with Gasteiger partial charge in [0.15, 0.2) is 0 Å². The third-order valence-corrected chi connectivity index (χ3v) is 3.17. The van der Waals surface area contributed by atoms with Gasteiger partial charge in [-0.3, -0.25) is 9.89 Å². The van der Waals surface area contributed by atoms with E-state index in [0.29, 0.717) is 26.1 Å². The van der Waals surface area contributed by atoms with E-state index in [4.69, 9.17) is 11.6 Å². The normalized spacial score (nSPS) is 10.8. The average Bonchev–Trinajstić information content (AvgIpc) is 2.15. The lowest BCUT2D eigenvalue weighted by Gasteiger charge is -2.00. The van der Waals surface area contributed by atoms with E-state index in [1.165, 1.54) is 0 Å². The fourth-order valence-corrected chi connectivity index (χ4v) is 1.72. The molecule has 5 heteroatoms. The number of hydrogen-bond acceptors (Lipinski definition) is 2. The smallest absolute Gasteiger partial charge is 0.210 e. The van der Waals surface area contributed by atoms with Gasteiger partial charge >= 0.3 is 0 Å². The second-order valence-corrected chi connectivity index (χ2v) is 4.21. The highest BCUT2D eigenvalue weighted by molar-refractivity contribution is 9.10. The highest BCUT2D eigenvalue weighted by Gasteiger charge is 2.06. The molecule has 0 aliphatic carbocycles. The van der Waals surface area contributed by atoms with Crippen LogP contribution >= 0.6 is 27.5 Å². The van der Waals surface area contributed by atoms with Crippen molar-refractivity contribution in [3.8, 4) is 0 Å². The first-order chi connectivity index (χ1) is 6.59. The minimum atomic E-state index is -0.0730. The van der Waals surface area contributed by atoms with Crippen LogP contribution in [-0.4, -0.2) is 10.2 Å². The van der Waals surface area contributed by atoms with Crippen LogP contribution in [0.1, 0.15) is 5.69 Å². The van der Waals surface area contributed by atoms with Gasteiger partial charge in [0.25, 0.3) is 0 Å². The second kappa shape index (κ2) is 3.37. The molecule has 1 heterocycles. The van der Waals surface area contributed by atoms with Crippen molar-refractivity contribution in [2.45, 2.75) is 6.92 Å². The van der Waals surface area contributed by atoms with Gasteiger partial charge < -0.3 is 0 Å². The van der Waals surface area contributed by atoms with Gasteiger partial charge in [0.05, 0.1) is 15.9 Å².